The van der Waals surface area contributed by atoms with Gasteiger partial charge in [-0.3, -0.25) is 4.79 Å². The molecule has 0 bridgehead atoms. The zero-order valence-corrected chi connectivity index (χ0v) is 16.2. The number of carbonyl (C=O) groups excluding carboxylic acids is 2. The third-order valence-corrected chi connectivity index (χ3v) is 4.12. The van der Waals surface area contributed by atoms with Crippen LogP contribution in [0.15, 0.2) is 42.5 Å². The molecule has 0 aliphatic rings. The molecule has 7 heteroatoms. The topological polar surface area (TPSA) is 65.1 Å². The standard InChI is InChI=1S/C21H24FNO5/c1-4-16-7-5-6-8-18(16)27-14-21(25)28-13-20(24)23(2)12-15-9-10-19(26-3)17(22)11-15/h5-11H,4,12-14H2,1-3H3. The summed E-state index contributed by atoms with van der Waals surface area (Å²) >= 11 is 0. The highest BCUT2D eigenvalue weighted by Crippen LogP contribution is 2.19. The minimum absolute atomic E-state index is 0.135. The lowest BCUT2D eigenvalue weighted by Crippen LogP contribution is -2.31. The SMILES string of the molecule is CCc1ccccc1OCC(=O)OCC(=O)N(C)Cc1ccc(OC)c(F)c1. The summed E-state index contributed by atoms with van der Waals surface area (Å²) in [4.78, 5) is 25.3. The van der Waals surface area contributed by atoms with Crippen LogP contribution in [0.3, 0.4) is 0 Å². The van der Waals surface area contributed by atoms with E-state index in [1.54, 1.807) is 19.2 Å². The number of nitrogens with zero attached hydrogens (tertiary/aromatic N) is 1. The van der Waals surface area contributed by atoms with Gasteiger partial charge in [-0.25, -0.2) is 9.18 Å². The summed E-state index contributed by atoms with van der Waals surface area (Å²) in [6.45, 7) is 1.48. The first-order valence-electron chi connectivity index (χ1n) is 8.87. The van der Waals surface area contributed by atoms with Gasteiger partial charge in [-0.15, -0.1) is 0 Å². The van der Waals surface area contributed by atoms with Crippen LogP contribution in [0.25, 0.3) is 0 Å². The maximum Gasteiger partial charge on any atom is 0.344 e. The number of likely N-dealkylation sites (N-methyl/N-ethyl adjacent to an activating group) is 1. The first-order valence-corrected chi connectivity index (χ1v) is 8.87. The molecule has 0 heterocycles. The fourth-order valence-electron chi connectivity index (χ4n) is 2.54. The summed E-state index contributed by atoms with van der Waals surface area (Å²) in [6.07, 6.45) is 0.778. The van der Waals surface area contributed by atoms with E-state index in [1.807, 2.05) is 25.1 Å². The third kappa shape index (κ3) is 5.97. The normalized spacial score (nSPS) is 10.3. The van der Waals surface area contributed by atoms with Gasteiger partial charge in [0.15, 0.2) is 24.8 Å². The first kappa shape index (κ1) is 21.2. The van der Waals surface area contributed by atoms with Crippen molar-refractivity contribution in [3.63, 3.8) is 0 Å². The van der Waals surface area contributed by atoms with Gasteiger partial charge in [-0.2, -0.15) is 0 Å². The van der Waals surface area contributed by atoms with Gasteiger partial charge in [-0.05, 0) is 35.7 Å². The third-order valence-electron chi connectivity index (χ3n) is 4.12. The van der Waals surface area contributed by atoms with Crippen molar-refractivity contribution < 1.29 is 28.2 Å². The maximum atomic E-state index is 13.7. The molecule has 0 saturated heterocycles. The molecule has 0 aliphatic heterocycles. The Balaban J connectivity index is 1.79. The summed E-state index contributed by atoms with van der Waals surface area (Å²) in [7, 11) is 2.93. The van der Waals surface area contributed by atoms with Gasteiger partial charge in [-0.1, -0.05) is 31.2 Å². The van der Waals surface area contributed by atoms with Crippen LogP contribution in [0.5, 0.6) is 11.5 Å². The number of ether oxygens (including phenoxy) is 3. The number of para-hydroxylation sites is 1. The summed E-state index contributed by atoms with van der Waals surface area (Å²) in [5, 5.41) is 0. The highest BCUT2D eigenvalue weighted by Gasteiger charge is 2.14. The fraction of sp³-hybridized carbons (Fsp3) is 0.333. The maximum absolute atomic E-state index is 13.7. The van der Waals surface area contributed by atoms with E-state index >= 15 is 0 Å². The largest absolute Gasteiger partial charge is 0.494 e. The van der Waals surface area contributed by atoms with Gasteiger partial charge in [0.1, 0.15) is 5.75 Å². The second kappa shape index (κ2) is 10.3. The minimum atomic E-state index is -0.636. The Kier molecular flexibility index (Phi) is 7.80. The Labute approximate surface area is 163 Å². The average Bonchev–Trinajstić information content (AvgIpc) is 2.70. The molecule has 6 nitrogen and oxygen atoms in total. The number of rotatable bonds is 9. The Bertz CT molecular complexity index is 824. The van der Waals surface area contributed by atoms with E-state index in [2.05, 4.69) is 0 Å². The molecule has 1 amide bonds. The number of esters is 1. The molecule has 0 fully saturated rings. The zero-order valence-electron chi connectivity index (χ0n) is 16.2. The van der Waals surface area contributed by atoms with Gasteiger partial charge in [0.2, 0.25) is 0 Å². The lowest BCUT2D eigenvalue weighted by atomic mass is 10.1. The van der Waals surface area contributed by atoms with Crippen LogP contribution in [-0.4, -0.2) is 44.1 Å². The van der Waals surface area contributed by atoms with E-state index in [-0.39, 0.29) is 18.9 Å². The second-order valence-electron chi connectivity index (χ2n) is 6.13. The van der Waals surface area contributed by atoms with Crippen LogP contribution in [-0.2, 0) is 27.3 Å². The highest BCUT2D eigenvalue weighted by atomic mass is 19.1. The predicted octanol–water partition coefficient (Wildman–Crippen LogP) is 2.98. The van der Waals surface area contributed by atoms with Gasteiger partial charge >= 0.3 is 5.97 Å². The number of hydrogen-bond donors (Lipinski definition) is 0. The molecule has 0 unspecified atom stereocenters. The minimum Gasteiger partial charge on any atom is -0.494 e. The Morgan fingerprint density at radius 1 is 1.07 bits per heavy atom. The first-order chi connectivity index (χ1) is 13.4. The van der Waals surface area contributed by atoms with Gasteiger partial charge < -0.3 is 19.1 Å². The molecule has 150 valence electrons. The number of amides is 1. The lowest BCUT2D eigenvalue weighted by Gasteiger charge is -2.17. The zero-order chi connectivity index (χ0) is 20.5. The van der Waals surface area contributed by atoms with Crippen molar-refractivity contribution >= 4 is 11.9 Å². The molecule has 2 aromatic carbocycles. The average molecular weight is 389 g/mol. The molecule has 0 aromatic heterocycles. The van der Waals surface area contributed by atoms with Crippen LogP contribution in [0, 0.1) is 5.82 Å². The Hall–Kier alpha value is -3.09. The summed E-state index contributed by atoms with van der Waals surface area (Å²) in [5.74, 6) is -0.790. The molecule has 2 rings (SSSR count). The Morgan fingerprint density at radius 3 is 2.50 bits per heavy atom. The van der Waals surface area contributed by atoms with Crippen molar-refractivity contribution in [1.29, 1.82) is 0 Å². The number of methoxy groups -OCH3 is 1. The van der Waals surface area contributed by atoms with E-state index in [9.17, 15) is 14.0 Å². The van der Waals surface area contributed by atoms with Gasteiger partial charge in [0, 0.05) is 13.6 Å². The van der Waals surface area contributed by atoms with Crippen LogP contribution >= 0.6 is 0 Å². The highest BCUT2D eigenvalue weighted by molar-refractivity contribution is 5.80. The van der Waals surface area contributed by atoms with E-state index in [0.717, 1.165) is 12.0 Å². The molecule has 0 spiro atoms. The number of hydrogen-bond acceptors (Lipinski definition) is 5. The number of carbonyl (C=O) groups is 2. The monoisotopic (exact) mass is 389 g/mol. The van der Waals surface area contributed by atoms with Gasteiger partial charge in [0.25, 0.3) is 5.91 Å². The molecule has 0 N–H and O–H groups in total. The van der Waals surface area contributed by atoms with E-state index < -0.39 is 24.3 Å². The molecule has 0 saturated carbocycles. The van der Waals surface area contributed by atoms with E-state index in [0.29, 0.717) is 11.3 Å². The van der Waals surface area contributed by atoms with Crippen molar-refractivity contribution in [3.05, 3.63) is 59.4 Å². The molecule has 0 aliphatic carbocycles. The van der Waals surface area contributed by atoms with Crippen LogP contribution in [0.2, 0.25) is 0 Å². The van der Waals surface area contributed by atoms with Crippen molar-refractivity contribution in [1.82, 2.24) is 4.90 Å². The quantitative estimate of drug-likeness (QED) is 0.617. The van der Waals surface area contributed by atoms with Crippen molar-refractivity contribution in [3.8, 4) is 11.5 Å². The van der Waals surface area contributed by atoms with E-state index in [1.165, 1.54) is 24.1 Å². The summed E-state index contributed by atoms with van der Waals surface area (Å²) < 4.78 is 29.0. The van der Waals surface area contributed by atoms with Crippen LogP contribution in [0.1, 0.15) is 18.1 Å². The van der Waals surface area contributed by atoms with Crippen LogP contribution in [0.4, 0.5) is 4.39 Å². The molecule has 2 aromatic rings. The lowest BCUT2D eigenvalue weighted by molar-refractivity contribution is -0.153. The number of aryl methyl sites for hydroxylation is 1. The molecular formula is C21H24FNO5. The molecular weight excluding hydrogens is 365 g/mol. The van der Waals surface area contributed by atoms with Gasteiger partial charge in [0.05, 0.1) is 7.11 Å². The Morgan fingerprint density at radius 2 is 1.82 bits per heavy atom. The molecule has 28 heavy (non-hydrogen) atoms. The summed E-state index contributed by atoms with van der Waals surface area (Å²) in [5.41, 5.74) is 1.58. The molecule has 0 radical (unpaired) electrons. The fourth-order valence-corrected chi connectivity index (χ4v) is 2.54. The summed E-state index contributed by atoms with van der Waals surface area (Å²) in [6, 6.07) is 11.9. The van der Waals surface area contributed by atoms with Crippen molar-refractivity contribution in [2.75, 3.05) is 27.4 Å². The van der Waals surface area contributed by atoms with Crippen molar-refractivity contribution in [2.24, 2.45) is 0 Å². The smallest absolute Gasteiger partial charge is 0.344 e. The second-order valence-corrected chi connectivity index (χ2v) is 6.13. The number of benzene rings is 2. The number of halogens is 1. The molecule has 0 atom stereocenters. The van der Waals surface area contributed by atoms with Crippen molar-refractivity contribution in [2.45, 2.75) is 19.9 Å². The predicted molar refractivity (Wildman–Crippen MR) is 102 cm³/mol. The van der Waals surface area contributed by atoms with Crippen LogP contribution < -0.4 is 9.47 Å². The van der Waals surface area contributed by atoms with E-state index in [4.69, 9.17) is 14.2 Å².